The number of benzene rings is 1. The lowest BCUT2D eigenvalue weighted by molar-refractivity contribution is 0.355. The molecule has 27 heavy (non-hydrogen) atoms. The number of hydrogen-bond donors (Lipinski definition) is 2. The molecule has 2 rings (SSSR count). The first-order valence-corrected chi connectivity index (χ1v) is 8.71. The molecule has 0 unspecified atom stereocenters. The Kier molecular flexibility index (Phi) is 9.90. The van der Waals surface area contributed by atoms with Gasteiger partial charge in [-0.3, -0.25) is 0 Å². The van der Waals surface area contributed by atoms with Crippen molar-refractivity contribution in [3.63, 3.8) is 0 Å². The first-order chi connectivity index (χ1) is 12.6. The summed E-state index contributed by atoms with van der Waals surface area (Å²) in [6.45, 7) is 5.35. The van der Waals surface area contributed by atoms with Crippen LogP contribution in [0.4, 0.5) is 5.69 Å². The number of halogens is 1. The predicted molar refractivity (Wildman–Crippen MR) is 118 cm³/mol. The molecule has 0 saturated carbocycles. The molecule has 0 aliphatic carbocycles. The van der Waals surface area contributed by atoms with Crippen molar-refractivity contribution in [1.82, 2.24) is 20.1 Å². The van der Waals surface area contributed by atoms with Crippen molar-refractivity contribution in [2.45, 2.75) is 33.2 Å². The smallest absolute Gasteiger partial charge is 0.196 e. The first-order valence-electron chi connectivity index (χ1n) is 8.71. The van der Waals surface area contributed by atoms with Crippen molar-refractivity contribution in [1.29, 1.82) is 0 Å². The number of aliphatic imine (C=N–C) groups is 1. The Bertz CT molecular complexity index is 747. The maximum absolute atomic E-state index is 5.36. The summed E-state index contributed by atoms with van der Waals surface area (Å²) in [5, 5.41) is 14.9. The van der Waals surface area contributed by atoms with E-state index in [-0.39, 0.29) is 24.0 Å². The molecule has 9 heteroatoms. The number of nitrogens with zero attached hydrogens (tertiary/aromatic N) is 4. The Morgan fingerprint density at radius 2 is 1.93 bits per heavy atom. The fraction of sp³-hybridized carbons (Fsp3) is 0.500. The van der Waals surface area contributed by atoms with Gasteiger partial charge in [-0.2, -0.15) is 0 Å². The highest BCUT2D eigenvalue weighted by Crippen LogP contribution is 2.29. The van der Waals surface area contributed by atoms with Crippen LogP contribution in [0.3, 0.4) is 0 Å². The molecular weight excluding hydrogens is 459 g/mol. The molecule has 1 heterocycles. The summed E-state index contributed by atoms with van der Waals surface area (Å²) in [5.74, 6) is 3.71. The van der Waals surface area contributed by atoms with Crippen LogP contribution in [0.25, 0.3) is 0 Å². The number of anilines is 1. The van der Waals surface area contributed by atoms with Crippen LogP contribution in [0, 0.1) is 6.92 Å². The predicted octanol–water partition coefficient (Wildman–Crippen LogP) is 3.12. The van der Waals surface area contributed by atoms with E-state index in [0.717, 1.165) is 36.7 Å². The van der Waals surface area contributed by atoms with Crippen LogP contribution in [0.2, 0.25) is 0 Å². The van der Waals surface area contributed by atoms with E-state index in [0.29, 0.717) is 24.0 Å². The largest absolute Gasteiger partial charge is 0.493 e. The quantitative estimate of drug-likeness (QED) is 0.257. The minimum atomic E-state index is 0. The average Bonchev–Trinajstić information content (AvgIpc) is 2.98. The van der Waals surface area contributed by atoms with Crippen molar-refractivity contribution in [3.8, 4) is 11.5 Å². The molecule has 0 aliphatic heterocycles. The number of ether oxygens (including phenoxy) is 2. The Balaban J connectivity index is 0.00000364. The molecule has 0 amide bonds. The summed E-state index contributed by atoms with van der Waals surface area (Å²) in [4.78, 5) is 4.63. The molecule has 0 radical (unpaired) electrons. The molecular formula is C18H29IN6O2. The van der Waals surface area contributed by atoms with Gasteiger partial charge in [0.25, 0.3) is 0 Å². The van der Waals surface area contributed by atoms with Gasteiger partial charge >= 0.3 is 0 Å². The monoisotopic (exact) mass is 488 g/mol. The fourth-order valence-electron chi connectivity index (χ4n) is 2.31. The van der Waals surface area contributed by atoms with Crippen molar-refractivity contribution in [3.05, 3.63) is 29.8 Å². The SMILES string of the molecule is CCCCNC(=NCc1nnc(C)n1C)Nc1ccc(OC)c(OC)c1.I. The van der Waals surface area contributed by atoms with Crippen LogP contribution in [-0.4, -0.2) is 41.5 Å². The van der Waals surface area contributed by atoms with E-state index >= 15 is 0 Å². The number of rotatable bonds is 8. The van der Waals surface area contributed by atoms with Gasteiger partial charge in [-0.1, -0.05) is 13.3 Å². The minimum Gasteiger partial charge on any atom is -0.493 e. The van der Waals surface area contributed by atoms with E-state index in [1.807, 2.05) is 36.7 Å². The topological polar surface area (TPSA) is 85.6 Å². The Labute approximate surface area is 177 Å². The summed E-state index contributed by atoms with van der Waals surface area (Å²) >= 11 is 0. The molecule has 0 atom stereocenters. The van der Waals surface area contributed by atoms with E-state index in [2.05, 4.69) is 32.7 Å². The zero-order valence-electron chi connectivity index (χ0n) is 16.6. The van der Waals surface area contributed by atoms with Gasteiger partial charge in [0, 0.05) is 25.3 Å². The summed E-state index contributed by atoms with van der Waals surface area (Å²) in [6, 6.07) is 5.66. The van der Waals surface area contributed by atoms with Crippen molar-refractivity contribution in [2.24, 2.45) is 12.0 Å². The van der Waals surface area contributed by atoms with Crippen molar-refractivity contribution < 1.29 is 9.47 Å². The van der Waals surface area contributed by atoms with Crippen LogP contribution in [-0.2, 0) is 13.6 Å². The van der Waals surface area contributed by atoms with E-state index < -0.39 is 0 Å². The van der Waals surface area contributed by atoms with E-state index in [9.17, 15) is 0 Å². The highest BCUT2D eigenvalue weighted by Gasteiger charge is 2.08. The molecule has 8 nitrogen and oxygen atoms in total. The van der Waals surface area contributed by atoms with Crippen LogP contribution in [0.5, 0.6) is 11.5 Å². The third-order valence-electron chi connectivity index (χ3n) is 4.03. The molecule has 150 valence electrons. The van der Waals surface area contributed by atoms with Crippen LogP contribution in [0.1, 0.15) is 31.4 Å². The van der Waals surface area contributed by atoms with Gasteiger partial charge in [0.1, 0.15) is 12.4 Å². The standard InChI is InChI=1S/C18H28N6O2.HI/c1-6-7-10-19-18(20-12-17-23-22-13(2)24(17)3)21-14-8-9-15(25-4)16(11-14)26-5;/h8-9,11H,6-7,10,12H2,1-5H3,(H2,19,20,21);1H. The Hall–Kier alpha value is -2.04. The van der Waals surface area contributed by atoms with Gasteiger partial charge in [0.05, 0.1) is 14.2 Å². The van der Waals surface area contributed by atoms with E-state index in [4.69, 9.17) is 9.47 Å². The number of aryl methyl sites for hydroxylation is 1. The molecule has 0 spiro atoms. The van der Waals surface area contributed by atoms with E-state index in [1.165, 1.54) is 0 Å². The molecule has 1 aromatic carbocycles. The second kappa shape index (κ2) is 11.6. The van der Waals surface area contributed by atoms with Gasteiger partial charge in [-0.15, -0.1) is 34.2 Å². The highest BCUT2D eigenvalue weighted by atomic mass is 127. The zero-order valence-corrected chi connectivity index (χ0v) is 18.9. The summed E-state index contributed by atoms with van der Waals surface area (Å²) in [6.07, 6.45) is 2.18. The number of nitrogens with one attached hydrogen (secondary N) is 2. The number of aromatic nitrogens is 3. The highest BCUT2D eigenvalue weighted by molar-refractivity contribution is 14.0. The van der Waals surface area contributed by atoms with Crippen LogP contribution < -0.4 is 20.1 Å². The third kappa shape index (κ3) is 6.56. The summed E-state index contributed by atoms with van der Waals surface area (Å²) < 4.78 is 12.6. The lowest BCUT2D eigenvalue weighted by Gasteiger charge is -2.14. The lowest BCUT2D eigenvalue weighted by Crippen LogP contribution is -2.31. The Morgan fingerprint density at radius 1 is 1.19 bits per heavy atom. The van der Waals surface area contributed by atoms with Crippen LogP contribution >= 0.6 is 24.0 Å². The van der Waals surface area contributed by atoms with Crippen LogP contribution in [0.15, 0.2) is 23.2 Å². The van der Waals surface area contributed by atoms with Gasteiger partial charge in [0.2, 0.25) is 0 Å². The third-order valence-corrected chi connectivity index (χ3v) is 4.03. The molecule has 0 saturated heterocycles. The lowest BCUT2D eigenvalue weighted by atomic mass is 10.2. The summed E-state index contributed by atoms with van der Waals surface area (Å²) in [5.41, 5.74) is 0.861. The van der Waals surface area contributed by atoms with E-state index in [1.54, 1.807) is 14.2 Å². The average molecular weight is 488 g/mol. The maximum Gasteiger partial charge on any atom is 0.196 e. The number of methoxy groups -OCH3 is 2. The minimum absolute atomic E-state index is 0. The first kappa shape index (κ1) is 23.0. The van der Waals surface area contributed by atoms with Gasteiger partial charge in [0.15, 0.2) is 23.3 Å². The molecule has 1 aromatic heterocycles. The van der Waals surface area contributed by atoms with Gasteiger partial charge < -0.3 is 24.7 Å². The number of unbranched alkanes of at least 4 members (excludes halogenated alkanes) is 1. The molecule has 0 bridgehead atoms. The Morgan fingerprint density at radius 3 is 2.52 bits per heavy atom. The van der Waals surface area contributed by atoms with Gasteiger partial charge in [-0.05, 0) is 25.5 Å². The number of guanidine groups is 1. The molecule has 0 fully saturated rings. The maximum atomic E-state index is 5.36. The normalized spacial score (nSPS) is 10.9. The molecule has 2 N–H and O–H groups in total. The second-order valence-electron chi connectivity index (χ2n) is 5.86. The second-order valence-corrected chi connectivity index (χ2v) is 5.86. The molecule has 0 aliphatic rings. The molecule has 2 aromatic rings. The number of hydrogen-bond acceptors (Lipinski definition) is 5. The van der Waals surface area contributed by atoms with Crippen molar-refractivity contribution in [2.75, 3.05) is 26.1 Å². The van der Waals surface area contributed by atoms with Gasteiger partial charge in [-0.25, -0.2) is 4.99 Å². The zero-order chi connectivity index (χ0) is 18.9. The fourth-order valence-corrected chi connectivity index (χ4v) is 2.31. The van der Waals surface area contributed by atoms with Crippen molar-refractivity contribution >= 4 is 35.6 Å². The summed E-state index contributed by atoms with van der Waals surface area (Å²) in [7, 11) is 5.17.